The lowest BCUT2D eigenvalue weighted by molar-refractivity contribution is -0.140. The first kappa shape index (κ1) is 19.6. The van der Waals surface area contributed by atoms with E-state index in [1.54, 1.807) is 0 Å². The first-order valence-electron chi connectivity index (χ1n) is 10.6. The van der Waals surface area contributed by atoms with Gasteiger partial charge in [0.15, 0.2) is 0 Å². The van der Waals surface area contributed by atoms with Crippen LogP contribution in [-0.2, 0) is 14.3 Å². The van der Waals surface area contributed by atoms with Gasteiger partial charge in [-0.1, -0.05) is 36.4 Å². The second-order valence-electron chi connectivity index (χ2n) is 8.58. The molecule has 0 unspecified atom stereocenters. The molecule has 1 amide bonds. The number of rotatable bonds is 5. The van der Waals surface area contributed by atoms with Crippen LogP contribution in [0.4, 0.5) is 0 Å². The summed E-state index contributed by atoms with van der Waals surface area (Å²) in [4.78, 5) is 12.0. The zero-order chi connectivity index (χ0) is 19.4. The lowest BCUT2D eigenvalue weighted by atomic mass is 9.77. The van der Waals surface area contributed by atoms with E-state index in [0.717, 1.165) is 25.8 Å². The summed E-state index contributed by atoms with van der Waals surface area (Å²) in [6, 6.07) is 10.9. The molecule has 1 saturated carbocycles. The summed E-state index contributed by atoms with van der Waals surface area (Å²) in [6.07, 6.45) is 7.67. The molecular formula is C23H32N2O3. The van der Waals surface area contributed by atoms with E-state index >= 15 is 0 Å². The number of piperidine rings is 1. The number of hydrogen-bond acceptors (Lipinski definition) is 4. The fraction of sp³-hybridized carbons (Fsp3) is 0.609. The highest BCUT2D eigenvalue weighted by Gasteiger charge is 2.47. The van der Waals surface area contributed by atoms with Crippen molar-refractivity contribution < 1.29 is 14.3 Å². The predicted octanol–water partition coefficient (Wildman–Crippen LogP) is 2.78. The maximum Gasteiger partial charge on any atom is 0.246 e. The number of hydrogen-bond donors (Lipinski definition) is 2. The summed E-state index contributed by atoms with van der Waals surface area (Å²) >= 11 is 0. The van der Waals surface area contributed by atoms with Crippen LogP contribution in [0.5, 0.6) is 0 Å². The van der Waals surface area contributed by atoms with Crippen LogP contribution in [0.15, 0.2) is 43.0 Å². The maximum absolute atomic E-state index is 12.0. The lowest BCUT2D eigenvalue weighted by Gasteiger charge is -2.49. The van der Waals surface area contributed by atoms with Crippen LogP contribution in [-0.4, -0.2) is 50.0 Å². The number of morpholine rings is 1. The van der Waals surface area contributed by atoms with Crippen molar-refractivity contribution in [1.29, 1.82) is 0 Å². The fourth-order valence-corrected chi connectivity index (χ4v) is 5.05. The molecular weight excluding hydrogens is 352 g/mol. The van der Waals surface area contributed by atoms with Gasteiger partial charge in [-0.3, -0.25) is 4.79 Å². The molecule has 2 heterocycles. The van der Waals surface area contributed by atoms with Crippen molar-refractivity contribution in [2.75, 3.05) is 26.4 Å². The first-order valence-corrected chi connectivity index (χ1v) is 10.6. The molecule has 1 aliphatic carbocycles. The summed E-state index contributed by atoms with van der Waals surface area (Å²) < 4.78 is 12.0. The minimum Gasteiger partial charge on any atom is -0.377 e. The van der Waals surface area contributed by atoms with Crippen LogP contribution < -0.4 is 10.6 Å². The highest BCUT2D eigenvalue weighted by atomic mass is 16.5. The van der Waals surface area contributed by atoms with E-state index in [2.05, 4.69) is 47.5 Å². The van der Waals surface area contributed by atoms with Crippen LogP contribution in [0.3, 0.4) is 0 Å². The summed E-state index contributed by atoms with van der Waals surface area (Å²) in [5.74, 6) is 0.949. The zero-order valence-electron chi connectivity index (χ0n) is 16.6. The van der Waals surface area contributed by atoms with E-state index in [1.165, 1.54) is 18.4 Å². The largest absolute Gasteiger partial charge is 0.377 e. The van der Waals surface area contributed by atoms with E-state index in [0.29, 0.717) is 31.2 Å². The zero-order valence-corrected chi connectivity index (χ0v) is 16.6. The maximum atomic E-state index is 12.0. The Balaban J connectivity index is 1.32. The van der Waals surface area contributed by atoms with Crippen LogP contribution in [0.25, 0.3) is 0 Å². The van der Waals surface area contributed by atoms with E-state index in [9.17, 15) is 4.79 Å². The number of benzene rings is 1. The first-order chi connectivity index (χ1) is 13.7. The molecule has 1 aromatic carbocycles. The van der Waals surface area contributed by atoms with Gasteiger partial charge >= 0.3 is 0 Å². The molecule has 3 fully saturated rings. The van der Waals surface area contributed by atoms with Gasteiger partial charge < -0.3 is 20.1 Å². The Morgan fingerprint density at radius 2 is 2.00 bits per heavy atom. The normalized spacial score (nSPS) is 36.1. The number of ether oxygens (including phenoxy) is 2. The topological polar surface area (TPSA) is 59.6 Å². The summed E-state index contributed by atoms with van der Waals surface area (Å²) in [7, 11) is 0. The van der Waals surface area contributed by atoms with Gasteiger partial charge in [0.1, 0.15) is 6.61 Å². The quantitative estimate of drug-likeness (QED) is 0.767. The molecule has 28 heavy (non-hydrogen) atoms. The van der Waals surface area contributed by atoms with Gasteiger partial charge in [0, 0.05) is 6.54 Å². The Morgan fingerprint density at radius 1 is 1.21 bits per heavy atom. The summed E-state index contributed by atoms with van der Waals surface area (Å²) in [5, 5.41) is 6.79. The van der Waals surface area contributed by atoms with Gasteiger partial charge in [-0.05, 0) is 49.5 Å². The molecule has 152 valence electrons. The lowest BCUT2D eigenvalue weighted by Crippen LogP contribution is -2.71. The number of nitrogens with one attached hydrogen (secondary N) is 2. The van der Waals surface area contributed by atoms with Crippen molar-refractivity contribution in [3.8, 4) is 0 Å². The van der Waals surface area contributed by atoms with Crippen LogP contribution in [0, 0.1) is 5.92 Å². The molecule has 2 N–H and O–H groups in total. The molecule has 3 atom stereocenters. The second-order valence-corrected chi connectivity index (χ2v) is 8.58. The van der Waals surface area contributed by atoms with Crippen molar-refractivity contribution in [3.05, 3.63) is 48.6 Å². The van der Waals surface area contributed by atoms with Crippen molar-refractivity contribution in [3.63, 3.8) is 0 Å². The van der Waals surface area contributed by atoms with Gasteiger partial charge in [-0.15, -0.1) is 6.58 Å². The average molecular weight is 385 g/mol. The van der Waals surface area contributed by atoms with E-state index in [1.807, 2.05) is 6.08 Å². The van der Waals surface area contributed by atoms with Gasteiger partial charge in [-0.2, -0.15) is 0 Å². The fourth-order valence-electron chi connectivity index (χ4n) is 5.05. The van der Waals surface area contributed by atoms with E-state index in [4.69, 9.17) is 9.47 Å². The van der Waals surface area contributed by atoms with Crippen LogP contribution in [0.2, 0.25) is 0 Å². The third-order valence-corrected chi connectivity index (χ3v) is 6.68. The molecule has 2 aliphatic heterocycles. The number of carbonyl (C=O) groups excluding carboxylic acids is 1. The third-order valence-electron chi connectivity index (χ3n) is 6.68. The Kier molecular flexibility index (Phi) is 6.14. The SMILES string of the molecule is C=C[C@H]1CN[C@@H](COC2CCC(c3ccccc3)CC2)[C@]2(COCC(=O)N2)C1. The van der Waals surface area contributed by atoms with Gasteiger partial charge in [-0.25, -0.2) is 0 Å². The molecule has 2 saturated heterocycles. The summed E-state index contributed by atoms with van der Waals surface area (Å²) in [5.41, 5.74) is 1.06. The Hall–Kier alpha value is -1.69. The van der Waals surface area contributed by atoms with Gasteiger partial charge in [0.05, 0.1) is 30.9 Å². The minimum atomic E-state index is -0.395. The Bertz CT molecular complexity index is 672. The highest BCUT2D eigenvalue weighted by molar-refractivity contribution is 5.79. The molecule has 4 rings (SSSR count). The van der Waals surface area contributed by atoms with Crippen molar-refractivity contribution in [2.45, 2.75) is 55.7 Å². The predicted molar refractivity (Wildman–Crippen MR) is 109 cm³/mol. The molecule has 0 bridgehead atoms. The van der Waals surface area contributed by atoms with Gasteiger partial charge in [0.25, 0.3) is 0 Å². The van der Waals surface area contributed by atoms with E-state index < -0.39 is 5.54 Å². The Labute approximate surface area is 167 Å². The smallest absolute Gasteiger partial charge is 0.246 e. The molecule has 3 aliphatic rings. The molecule has 1 spiro atoms. The monoisotopic (exact) mass is 384 g/mol. The molecule has 5 heteroatoms. The van der Waals surface area contributed by atoms with Crippen molar-refractivity contribution in [2.24, 2.45) is 5.92 Å². The standard InChI is InChI=1S/C23H32N2O3/c1-2-17-12-23(16-27-15-22(26)25-23)21(24-13-17)14-28-20-10-8-19(9-11-20)18-6-4-3-5-7-18/h2-7,17,19-21,24H,1,8-16H2,(H,25,26)/t17-,19?,20?,21+,23-/m1/s1. The van der Waals surface area contributed by atoms with Crippen LogP contribution >= 0.6 is 0 Å². The molecule has 0 radical (unpaired) electrons. The van der Waals surface area contributed by atoms with E-state index in [-0.39, 0.29) is 18.6 Å². The third kappa shape index (κ3) is 4.32. The second kappa shape index (κ2) is 8.76. The number of carbonyl (C=O) groups is 1. The highest BCUT2D eigenvalue weighted by Crippen LogP contribution is 2.35. The molecule has 5 nitrogen and oxygen atoms in total. The number of amides is 1. The molecule has 1 aromatic rings. The molecule has 0 aromatic heterocycles. The summed E-state index contributed by atoms with van der Waals surface area (Å²) in [6.45, 7) is 6.09. The van der Waals surface area contributed by atoms with Gasteiger partial charge in [0.2, 0.25) is 5.91 Å². The van der Waals surface area contributed by atoms with Crippen LogP contribution in [0.1, 0.15) is 43.6 Å². The van der Waals surface area contributed by atoms with Crippen molar-refractivity contribution >= 4 is 5.91 Å². The van der Waals surface area contributed by atoms with Crippen molar-refractivity contribution in [1.82, 2.24) is 10.6 Å². The minimum absolute atomic E-state index is 0.0360. The Morgan fingerprint density at radius 3 is 2.71 bits per heavy atom. The average Bonchev–Trinajstić information content (AvgIpc) is 2.74.